The van der Waals surface area contributed by atoms with Gasteiger partial charge in [0.1, 0.15) is 5.75 Å². The van der Waals surface area contributed by atoms with E-state index in [0.717, 1.165) is 37.9 Å². The number of aliphatic hydroxyl groups excluding tert-OH is 1. The summed E-state index contributed by atoms with van der Waals surface area (Å²) in [6.07, 6.45) is 3.86. The summed E-state index contributed by atoms with van der Waals surface area (Å²) < 4.78 is 5.18. The van der Waals surface area contributed by atoms with Crippen molar-refractivity contribution in [2.24, 2.45) is 5.92 Å². The number of methoxy groups -OCH3 is 1. The number of aryl methyl sites for hydroxylation is 1. The standard InChI is InChI=1S/C16H23NO3/c1-20-13-7-2-5-12(11-13)6-4-10-17-16(19)14-8-3-9-15(14)18/h2,5,7,11,14-15,18H,3-4,6,8-10H2,1H3,(H,17,19). The molecular weight excluding hydrogens is 254 g/mol. The lowest BCUT2D eigenvalue weighted by molar-refractivity contribution is -0.127. The van der Waals surface area contributed by atoms with Crippen LogP contribution in [0.15, 0.2) is 24.3 Å². The van der Waals surface area contributed by atoms with Crippen molar-refractivity contribution < 1.29 is 14.6 Å². The first kappa shape index (κ1) is 14.9. The highest BCUT2D eigenvalue weighted by molar-refractivity contribution is 5.79. The zero-order valence-electron chi connectivity index (χ0n) is 12.0. The van der Waals surface area contributed by atoms with Crippen molar-refractivity contribution in [3.63, 3.8) is 0 Å². The average molecular weight is 277 g/mol. The second kappa shape index (κ2) is 7.29. The van der Waals surface area contributed by atoms with Gasteiger partial charge in [-0.3, -0.25) is 4.79 Å². The van der Waals surface area contributed by atoms with E-state index in [1.165, 1.54) is 5.56 Å². The van der Waals surface area contributed by atoms with Crippen molar-refractivity contribution in [3.8, 4) is 5.75 Å². The predicted molar refractivity (Wildman–Crippen MR) is 77.7 cm³/mol. The molecule has 4 nitrogen and oxygen atoms in total. The van der Waals surface area contributed by atoms with E-state index in [9.17, 15) is 9.90 Å². The van der Waals surface area contributed by atoms with Crippen LogP contribution in [0.4, 0.5) is 0 Å². The van der Waals surface area contributed by atoms with Gasteiger partial charge in [-0.1, -0.05) is 12.1 Å². The molecule has 110 valence electrons. The van der Waals surface area contributed by atoms with E-state index in [0.29, 0.717) is 6.54 Å². The Balaban J connectivity index is 1.69. The Kier molecular flexibility index (Phi) is 5.41. The number of carbonyl (C=O) groups is 1. The topological polar surface area (TPSA) is 58.6 Å². The molecule has 0 bridgehead atoms. The van der Waals surface area contributed by atoms with E-state index in [1.807, 2.05) is 18.2 Å². The SMILES string of the molecule is COc1cccc(CCCNC(=O)C2CCCC2O)c1. The molecule has 0 spiro atoms. The fraction of sp³-hybridized carbons (Fsp3) is 0.562. The molecule has 0 heterocycles. The number of aliphatic hydroxyl groups is 1. The van der Waals surface area contributed by atoms with Crippen LogP contribution in [0.2, 0.25) is 0 Å². The summed E-state index contributed by atoms with van der Waals surface area (Å²) in [5.41, 5.74) is 1.21. The van der Waals surface area contributed by atoms with Gasteiger partial charge in [0, 0.05) is 6.54 Å². The smallest absolute Gasteiger partial charge is 0.225 e. The van der Waals surface area contributed by atoms with Crippen LogP contribution >= 0.6 is 0 Å². The van der Waals surface area contributed by atoms with Gasteiger partial charge in [-0.05, 0) is 49.8 Å². The Labute approximate surface area is 120 Å². The van der Waals surface area contributed by atoms with Gasteiger partial charge in [-0.15, -0.1) is 0 Å². The normalized spacial score (nSPS) is 21.7. The van der Waals surface area contributed by atoms with Gasteiger partial charge in [0.15, 0.2) is 0 Å². The monoisotopic (exact) mass is 277 g/mol. The molecule has 0 radical (unpaired) electrons. The molecule has 2 unspecified atom stereocenters. The Morgan fingerprint density at radius 3 is 3.00 bits per heavy atom. The predicted octanol–water partition coefficient (Wildman–Crippen LogP) is 1.90. The zero-order valence-corrected chi connectivity index (χ0v) is 12.0. The number of carbonyl (C=O) groups excluding carboxylic acids is 1. The highest BCUT2D eigenvalue weighted by atomic mass is 16.5. The summed E-state index contributed by atoms with van der Waals surface area (Å²) in [7, 11) is 1.66. The minimum absolute atomic E-state index is 0.000595. The third-order valence-electron chi connectivity index (χ3n) is 3.89. The van der Waals surface area contributed by atoms with E-state index in [2.05, 4.69) is 11.4 Å². The third kappa shape index (κ3) is 3.97. The molecule has 2 atom stereocenters. The fourth-order valence-corrected chi connectivity index (χ4v) is 2.71. The lowest BCUT2D eigenvalue weighted by Crippen LogP contribution is -2.35. The second-order valence-corrected chi connectivity index (χ2v) is 5.35. The minimum Gasteiger partial charge on any atom is -0.497 e. The summed E-state index contributed by atoms with van der Waals surface area (Å²) in [6.45, 7) is 0.652. The fourth-order valence-electron chi connectivity index (χ4n) is 2.71. The van der Waals surface area contributed by atoms with Crippen LogP contribution in [0.3, 0.4) is 0 Å². The summed E-state index contributed by atoms with van der Waals surface area (Å²) in [4.78, 5) is 11.9. The molecule has 1 fully saturated rings. The molecule has 2 N–H and O–H groups in total. The Bertz CT molecular complexity index is 447. The lowest BCUT2D eigenvalue weighted by Gasteiger charge is -2.14. The molecule has 1 amide bonds. The third-order valence-corrected chi connectivity index (χ3v) is 3.89. The molecule has 0 aromatic heterocycles. The first-order valence-electron chi connectivity index (χ1n) is 7.29. The molecule has 1 aliphatic carbocycles. The quantitative estimate of drug-likeness (QED) is 0.781. The molecule has 0 saturated heterocycles. The summed E-state index contributed by atoms with van der Waals surface area (Å²) in [5, 5.41) is 12.6. The number of nitrogens with one attached hydrogen (secondary N) is 1. The molecule has 20 heavy (non-hydrogen) atoms. The van der Waals surface area contributed by atoms with Crippen LogP contribution in [0, 0.1) is 5.92 Å². The van der Waals surface area contributed by atoms with Crippen molar-refractivity contribution in [2.45, 2.75) is 38.2 Å². The number of ether oxygens (including phenoxy) is 1. The maximum absolute atomic E-state index is 11.9. The maximum Gasteiger partial charge on any atom is 0.225 e. The molecule has 1 saturated carbocycles. The van der Waals surface area contributed by atoms with Gasteiger partial charge < -0.3 is 15.2 Å². The van der Waals surface area contributed by atoms with E-state index in [4.69, 9.17) is 4.74 Å². The highest BCUT2D eigenvalue weighted by Crippen LogP contribution is 2.25. The van der Waals surface area contributed by atoms with Crippen LogP contribution < -0.4 is 10.1 Å². The van der Waals surface area contributed by atoms with Crippen molar-refractivity contribution >= 4 is 5.91 Å². The first-order chi connectivity index (χ1) is 9.70. The molecule has 0 aliphatic heterocycles. The van der Waals surface area contributed by atoms with Crippen molar-refractivity contribution in [1.29, 1.82) is 0 Å². The molecular formula is C16H23NO3. The number of amides is 1. The van der Waals surface area contributed by atoms with Crippen LogP contribution in [-0.4, -0.2) is 30.8 Å². The van der Waals surface area contributed by atoms with Gasteiger partial charge in [0.05, 0.1) is 19.1 Å². The van der Waals surface area contributed by atoms with Gasteiger partial charge in [-0.2, -0.15) is 0 Å². The number of rotatable bonds is 6. The average Bonchev–Trinajstić information content (AvgIpc) is 2.90. The van der Waals surface area contributed by atoms with E-state index in [1.54, 1.807) is 7.11 Å². The van der Waals surface area contributed by atoms with Crippen LogP contribution in [0.25, 0.3) is 0 Å². The van der Waals surface area contributed by atoms with Gasteiger partial charge in [-0.25, -0.2) is 0 Å². The number of benzene rings is 1. The van der Waals surface area contributed by atoms with Gasteiger partial charge in [0.25, 0.3) is 0 Å². The van der Waals surface area contributed by atoms with E-state index >= 15 is 0 Å². The van der Waals surface area contributed by atoms with Crippen LogP contribution in [-0.2, 0) is 11.2 Å². The molecule has 1 aromatic carbocycles. The van der Waals surface area contributed by atoms with Crippen molar-refractivity contribution in [1.82, 2.24) is 5.32 Å². The summed E-state index contributed by atoms with van der Waals surface area (Å²) >= 11 is 0. The van der Waals surface area contributed by atoms with E-state index < -0.39 is 6.10 Å². The van der Waals surface area contributed by atoms with Gasteiger partial charge >= 0.3 is 0 Å². The van der Waals surface area contributed by atoms with E-state index in [-0.39, 0.29) is 11.8 Å². The first-order valence-corrected chi connectivity index (χ1v) is 7.29. The summed E-state index contributed by atoms with van der Waals surface area (Å²) in [5.74, 6) is 0.660. The minimum atomic E-state index is -0.451. The second-order valence-electron chi connectivity index (χ2n) is 5.35. The molecule has 1 aromatic rings. The highest BCUT2D eigenvalue weighted by Gasteiger charge is 2.30. The Morgan fingerprint density at radius 1 is 1.45 bits per heavy atom. The maximum atomic E-state index is 11.9. The summed E-state index contributed by atoms with van der Waals surface area (Å²) in [6, 6.07) is 7.97. The largest absolute Gasteiger partial charge is 0.497 e. The number of hydrogen-bond donors (Lipinski definition) is 2. The van der Waals surface area contributed by atoms with Crippen LogP contribution in [0.1, 0.15) is 31.2 Å². The number of hydrogen-bond acceptors (Lipinski definition) is 3. The van der Waals surface area contributed by atoms with Crippen molar-refractivity contribution in [2.75, 3.05) is 13.7 Å². The van der Waals surface area contributed by atoms with Crippen molar-refractivity contribution in [3.05, 3.63) is 29.8 Å². The Hall–Kier alpha value is -1.55. The molecule has 2 rings (SSSR count). The Morgan fingerprint density at radius 2 is 2.30 bits per heavy atom. The lowest BCUT2D eigenvalue weighted by atomic mass is 10.1. The zero-order chi connectivity index (χ0) is 14.4. The van der Waals surface area contributed by atoms with Crippen LogP contribution in [0.5, 0.6) is 5.75 Å². The molecule has 1 aliphatic rings. The van der Waals surface area contributed by atoms with Gasteiger partial charge in [0.2, 0.25) is 5.91 Å². The molecule has 4 heteroatoms.